The molecule has 0 saturated carbocycles. The molecule has 0 fully saturated rings. The number of thiocarbonyl (C=S) groups is 1. The van der Waals surface area contributed by atoms with Crippen molar-refractivity contribution >= 4 is 23.5 Å². The molecule has 138 valence electrons. The van der Waals surface area contributed by atoms with E-state index in [4.69, 9.17) is 17.0 Å². The number of halogens is 2. The molecule has 0 aliphatic rings. The van der Waals surface area contributed by atoms with Gasteiger partial charge in [-0.25, -0.2) is 0 Å². The van der Waals surface area contributed by atoms with Crippen molar-refractivity contribution in [3.63, 3.8) is 0 Å². The number of hydrogen-bond acceptors (Lipinski definition) is 4. The van der Waals surface area contributed by atoms with Crippen LogP contribution in [0.2, 0.25) is 0 Å². The average molecular weight is 379 g/mol. The fourth-order valence-corrected chi connectivity index (χ4v) is 2.17. The number of benzene rings is 2. The van der Waals surface area contributed by atoms with Crippen molar-refractivity contribution in [3.05, 3.63) is 59.7 Å². The summed E-state index contributed by atoms with van der Waals surface area (Å²) in [4.78, 5) is 0. The number of ether oxygens (including phenoxy) is 2. The molecule has 0 heterocycles. The van der Waals surface area contributed by atoms with Crippen molar-refractivity contribution in [2.45, 2.75) is 20.1 Å². The van der Waals surface area contributed by atoms with E-state index in [1.54, 1.807) is 19.1 Å². The van der Waals surface area contributed by atoms with Gasteiger partial charge >= 0.3 is 6.61 Å². The lowest BCUT2D eigenvalue weighted by molar-refractivity contribution is -0.0514. The summed E-state index contributed by atoms with van der Waals surface area (Å²) in [7, 11) is 0. The van der Waals surface area contributed by atoms with Gasteiger partial charge in [0.2, 0.25) is 0 Å². The molecule has 8 heteroatoms. The van der Waals surface area contributed by atoms with Crippen LogP contribution in [0.5, 0.6) is 11.5 Å². The lowest BCUT2D eigenvalue weighted by atomic mass is 10.2. The third-order valence-electron chi connectivity index (χ3n) is 3.16. The minimum atomic E-state index is -2.91. The van der Waals surface area contributed by atoms with Crippen molar-refractivity contribution in [1.29, 1.82) is 0 Å². The summed E-state index contributed by atoms with van der Waals surface area (Å²) in [6, 6.07) is 14.4. The van der Waals surface area contributed by atoms with E-state index >= 15 is 0 Å². The Morgan fingerprint density at radius 1 is 1.19 bits per heavy atom. The summed E-state index contributed by atoms with van der Waals surface area (Å²) in [6.07, 6.45) is 1.51. The van der Waals surface area contributed by atoms with Crippen LogP contribution < -0.4 is 20.2 Å². The van der Waals surface area contributed by atoms with Gasteiger partial charge < -0.3 is 14.8 Å². The third-order valence-corrected chi connectivity index (χ3v) is 3.39. The number of rotatable bonds is 8. The first-order chi connectivity index (χ1) is 12.6. The molecular formula is C18H19F2N3O2S. The second-order valence-electron chi connectivity index (χ2n) is 5.06. The van der Waals surface area contributed by atoms with E-state index < -0.39 is 6.61 Å². The largest absolute Gasteiger partial charge is 0.490 e. The number of hydrazone groups is 1. The van der Waals surface area contributed by atoms with E-state index in [1.165, 1.54) is 12.3 Å². The van der Waals surface area contributed by atoms with E-state index in [2.05, 4.69) is 20.6 Å². The van der Waals surface area contributed by atoms with Crippen LogP contribution >= 0.6 is 12.2 Å². The molecule has 0 aromatic heterocycles. The Labute approximate surface area is 156 Å². The lowest BCUT2D eigenvalue weighted by Gasteiger charge is -2.11. The first-order valence-corrected chi connectivity index (χ1v) is 8.31. The van der Waals surface area contributed by atoms with E-state index in [0.717, 1.165) is 5.56 Å². The minimum Gasteiger partial charge on any atom is -0.490 e. The molecule has 0 saturated heterocycles. The summed E-state index contributed by atoms with van der Waals surface area (Å²) in [5.41, 5.74) is 4.44. The molecule has 0 amide bonds. The highest BCUT2D eigenvalue weighted by Crippen LogP contribution is 2.29. The molecule has 0 atom stereocenters. The average Bonchev–Trinajstić information content (AvgIpc) is 2.63. The molecular weight excluding hydrogens is 360 g/mol. The molecule has 0 spiro atoms. The Morgan fingerprint density at radius 3 is 2.65 bits per heavy atom. The molecule has 0 unspecified atom stereocenters. The number of nitrogens with zero attached hydrogens (tertiary/aromatic N) is 1. The van der Waals surface area contributed by atoms with Crippen LogP contribution in [-0.4, -0.2) is 24.5 Å². The highest BCUT2D eigenvalue weighted by molar-refractivity contribution is 7.80. The molecule has 0 aliphatic carbocycles. The Morgan fingerprint density at radius 2 is 1.96 bits per heavy atom. The highest BCUT2D eigenvalue weighted by atomic mass is 32.1. The van der Waals surface area contributed by atoms with Crippen molar-refractivity contribution in [2.24, 2.45) is 5.10 Å². The van der Waals surface area contributed by atoms with Crippen molar-refractivity contribution in [3.8, 4) is 11.5 Å². The first-order valence-electron chi connectivity index (χ1n) is 7.91. The maximum atomic E-state index is 12.4. The predicted molar refractivity (Wildman–Crippen MR) is 101 cm³/mol. The zero-order valence-corrected chi connectivity index (χ0v) is 14.9. The zero-order valence-electron chi connectivity index (χ0n) is 14.1. The second-order valence-corrected chi connectivity index (χ2v) is 5.46. The van der Waals surface area contributed by atoms with Gasteiger partial charge in [-0.2, -0.15) is 13.9 Å². The molecule has 2 rings (SSSR count). The van der Waals surface area contributed by atoms with E-state index in [0.29, 0.717) is 23.8 Å². The van der Waals surface area contributed by atoms with Crippen LogP contribution in [0.3, 0.4) is 0 Å². The molecule has 0 bridgehead atoms. The van der Waals surface area contributed by atoms with Crippen LogP contribution in [0.1, 0.15) is 18.1 Å². The molecule has 0 radical (unpaired) electrons. The summed E-state index contributed by atoms with van der Waals surface area (Å²) >= 11 is 5.14. The summed E-state index contributed by atoms with van der Waals surface area (Å²) in [5.74, 6) is 0.202. The van der Waals surface area contributed by atoms with E-state index in [9.17, 15) is 8.78 Å². The normalized spacial score (nSPS) is 10.8. The third kappa shape index (κ3) is 6.64. The molecule has 26 heavy (non-hydrogen) atoms. The van der Waals surface area contributed by atoms with Gasteiger partial charge in [-0.1, -0.05) is 30.3 Å². The predicted octanol–water partition coefficient (Wildman–Crippen LogP) is 3.68. The van der Waals surface area contributed by atoms with Gasteiger partial charge in [-0.3, -0.25) is 5.43 Å². The second kappa shape index (κ2) is 10.3. The SMILES string of the molecule is CCOc1cc(/C=N\NC(=S)NCc2ccccc2)ccc1OC(F)F. The topological polar surface area (TPSA) is 54.9 Å². The van der Waals surface area contributed by atoms with Gasteiger partial charge in [-0.05, 0) is 48.5 Å². The zero-order chi connectivity index (χ0) is 18.8. The Kier molecular flexibility index (Phi) is 7.75. The molecule has 2 aromatic rings. The standard InChI is InChI=1S/C18H19F2N3O2S/c1-2-24-16-10-14(8-9-15(16)25-17(19)20)12-22-23-18(26)21-11-13-6-4-3-5-7-13/h3-10,12,17H,2,11H2,1H3,(H2,21,23,26)/b22-12-. The quantitative estimate of drug-likeness (QED) is 0.416. The van der Waals surface area contributed by atoms with Crippen LogP contribution in [-0.2, 0) is 6.54 Å². The summed E-state index contributed by atoms with van der Waals surface area (Å²) < 4.78 is 34.5. The van der Waals surface area contributed by atoms with Gasteiger partial charge in [0, 0.05) is 6.54 Å². The van der Waals surface area contributed by atoms with E-state index in [1.807, 2.05) is 30.3 Å². The number of hydrogen-bond donors (Lipinski definition) is 2. The summed E-state index contributed by atoms with van der Waals surface area (Å²) in [5, 5.41) is 7.42. The molecule has 2 aromatic carbocycles. The van der Waals surface area contributed by atoms with Crippen molar-refractivity contribution in [2.75, 3.05) is 6.61 Å². The van der Waals surface area contributed by atoms with Crippen LogP contribution in [0, 0.1) is 0 Å². The fraction of sp³-hybridized carbons (Fsp3) is 0.222. The monoisotopic (exact) mass is 379 g/mol. The lowest BCUT2D eigenvalue weighted by Crippen LogP contribution is -2.31. The number of nitrogens with one attached hydrogen (secondary N) is 2. The maximum absolute atomic E-state index is 12.4. The summed E-state index contributed by atoms with van der Waals surface area (Å²) in [6.45, 7) is -0.253. The van der Waals surface area contributed by atoms with Gasteiger partial charge in [-0.15, -0.1) is 0 Å². The molecule has 0 aliphatic heterocycles. The first kappa shape index (κ1) is 19.6. The minimum absolute atomic E-state index is 0.0213. The molecule has 2 N–H and O–H groups in total. The highest BCUT2D eigenvalue weighted by Gasteiger charge is 2.11. The van der Waals surface area contributed by atoms with Crippen LogP contribution in [0.25, 0.3) is 0 Å². The van der Waals surface area contributed by atoms with Gasteiger partial charge in [0.25, 0.3) is 0 Å². The Balaban J connectivity index is 1.90. The van der Waals surface area contributed by atoms with Crippen molar-refractivity contribution < 1.29 is 18.3 Å². The Bertz CT molecular complexity index is 742. The van der Waals surface area contributed by atoms with Gasteiger partial charge in [0.15, 0.2) is 16.6 Å². The number of alkyl halides is 2. The van der Waals surface area contributed by atoms with E-state index in [-0.39, 0.29) is 11.5 Å². The van der Waals surface area contributed by atoms with Crippen LogP contribution in [0.15, 0.2) is 53.6 Å². The smallest absolute Gasteiger partial charge is 0.387 e. The fourth-order valence-electron chi connectivity index (χ4n) is 2.05. The van der Waals surface area contributed by atoms with Gasteiger partial charge in [0.1, 0.15) is 0 Å². The molecule has 5 nitrogen and oxygen atoms in total. The Hall–Kier alpha value is -2.74. The van der Waals surface area contributed by atoms with Crippen LogP contribution in [0.4, 0.5) is 8.78 Å². The van der Waals surface area contributed by atoms with Gasteiger partial charge in [0.05, 0.1) is 12.8 Å². The maximum Gasteiger partial charge on any atom is 0.387 e. The van der Waals surface area contributed by atoms with Crippen molar-refractivity contribution in [1.82, 2.24) is 10.7 Å².